The minimum atomic E-state index is -0.945. The van der Waals surface area contributed by atoms with E-state index in [1.165, 1.54) is 21.6 Å². The van der Waals surface area contributed by atoms with Gasteiger partial charge in [0.25, 0.3) is 11.5 Å². The Labute approximate surface area is 204 Å². The van der Waals surface area contributed by atoms with Crippen molar-refractivity contribution in [1.82, 2.24) is 14.9 Å². The van der Waals surface area contributed by atoms with Crippen LogP contribution in [0.15, 0.2) is 41.2 Å². The summed E-state index contributed by atoms with van der Waals surface area (Å²) in [6, 6.07) is 9.18. The normalized spacial score (nSPS) is 18.0. The maximum Gasteiger partial charge on any atom is 0.416 e. The highest BCUT2D eigenvalue weighted by atomic mass is 19.1. The summed E-state index contributed by atoms with van der Waals surface area (Å²) in [6.07, 6.45) is -2.05. The molecule has 4 heterocycles. The molecule has 0 aliphatic carbocycles. The quantitative estimate of drug-likeness (QED) is 0.439. The molecule has 2 aliphatic heterocycles. The van der Waals surface area contributed by atoms with E-state index in [-0.39, 0.29) is 55.5 Å². The van der Waals surface area contributed by atoms with Crippen LogP contribution in [-0.4, -0.2) is 65.1 Å². The second-order valence-corrected chi connectivity index (χ2v) is 8.68. The summed E-state index contributed by atoms with van der Waals surface area (Å²) in [5.41, 5.74) is 0.439. The number of pyridine rings is 2. The zero-order valence-corrected chi connectivity index (χ0v) is 19.4. The minimum absolute atomic E-state index is 0.00309. The van der Waals surface area contributed by atoms with E-state index in [0.717, 1.165) is 0 Å². The fourth-order valence-corrected chi connectivity index (χ4v) is 4.38. The van der Waals surface area contributed by atoms with Gasteiger partial charge in [-0.3, -0.25) is 14.5 Å². The summed E-state index contributed by atoms with van der Waals surface area (Å²) in [4.78, 5) is 41.6. The van der Waals surface area contributed by atoms with Gasteiger partial charge in [0.15, 0.2) is 18.2 Å². The number of benzene rings is 1. The SMILES string of the molecule is Cn1c(=O)ccc2ccc(F)c(C[C@@H](O)CNC[C@H]3CN(c4ccc5c(n4)NC(=O)CO5)C(=O)O3)c21. The van der Waals surface area contributed by atoms with Crippen LogP contribution >= 0.6 is 0 Å². The first kappa shape index (κ1) is 23.7. The number of nitrogens with one attached hydrogen (secondary N) is 2. The van der Waals surface area contributed by atoms with Crippen LogP contribution in [0.5, 0.6) is 5.75 Å². The van der Waals surface area contributed by atoms with Gasteiger partial charge in [-0.15, -0.1) is 0 Å². The first-order chi connectivity index (χ1) is 17.3. The first-order valence-corrected chi connectivity index (χ1v) is 11.4. The standard InChI is InChI=1S/C24H24FN5O6/c1-29-21(33)7-3-13-2-4-17(25)16(22(13)29)8-14(31)9-26-10-15-11-30(24(34)36-15)19-6-5-18-23(27-19)28-20(32)12-35-18/h2-7,14-15,26,31H,8-12H2,1H3,(H,27,28,32)/t14-,15+/m1/s1. The molecule has 0 radical (unpaired) electrons. The number of amides is 2. The van der Waals surface area contributed by atoms with Crippen molar-refractivity contribution < 1.29 is 28.6 Å². The van der Waals surface area contributed by atoms with Crippen molar-refractivity contribution in [1.29, 1.82) is 0 Å². The van der Waals surface area contributed by atoms with E-state index in [4.69, 9.17) is 9.47 Å². The molecule has 1 aromatic carbocycles. The summed E-state index contributed by atoms with van der Waals surface area (Å²) in [5, 5.41) is 16.9. The van der Waals surface area contributed by atoms with Crippen molar-refractivity contribution in [3.63, 3.8) is 0 Å². The molecule has 0 unspecified atom stereocenters. The number of cyclic esters (lactones) is 1. The average Bonchev–Trinajstić information content (AvgIpc) is 3.22. The Morgan fingerprint density at radius 2 is 2.03 bits per heavy atom. The zero-order valence-electron chi connectivity index (χ0n) is 19.4. The Morgan fingerprint density at radius 1 is 1.22 bits per heavy atom. The minimum Gasteiger partial charge on any atom is -0.480 e. The number of ether oxygens (including phenoxy) is 2. The van der Waals surface area contributed by atoms with Gasteiger partial charge < -0.3 is 29.8 Å². The third-order valence-electron chi connectivity index (χ3n) is 6.13. The molecular formula is C24H24FN5O6. The third-order valence-corrected chi connectivity index (χ3v) is 6.13. The molecule has 2 aromatic heterocycles. The predicted molar refractivity (Wildman–Crippen MR) is 128 cm³/mol. The average molecular weight is 497 g/mol. The van der Waals surface area contributed by atoms with E-state index in [2.05, 4.69) is 15.6 Å². The molecule has 0 spiro atoms. The molecule has 0 saturated carbocycles. The van der Waals surface area contributed by atoms with Crippen LogP contribution in [0.25, 0.3) is 10.9 Å². The lowest BCUT2D eigenvalue weighted by Crippen LogP contribution is -2.36. The van der Waals surface area contributed by atoms with E-state index in [1.54, 1.807) is 31.3 Å². The summed E-state index contributed by atoms with van der Waals surface area (Å²) in [6.45, 7) is 0.485. The van der Waals surface area contributed by atoms with Crippen LogP contribution in [0.4, 0.5) is 20.8 Å². The van der Waals surface area contributed by atoms with Gasteiger partial charge in [0.1, 0.15) is 17.7 Å². The molecule has 2 aliphatic rings. The maximum absolute atomic E-state index is 14.6. The lowest BCUT2D eigenvalue weighted by atomic mass is 10.0. The van der Waals surface area contributed by atoms with Crippen molar-refractivity contribution in [2.75, 3.05) is 36.5 Å². The molecule has 188 valence electrons. The van der Waals surface area contributed by atoms with Gasteiger partial charge in [-0.2, -0.15) is 0 Å². The van der Waals surface area contributed by atoms with Gasteiger partial charge in [0.05, 0.1) is 18.2 Å². The van der Waals surface area contributed by atoms with Crippen molar-refractivity contribution in [3.8, 4) is 5.75 Å². The van der Waals surface area contributed by atoms with E-state index >= 15 is 0 Å². The maximum atomic E-state index is 14.6. The number of aliphatic hydroxyl groups excluding tert-OH is 1. The van der Waals surface area contributed by atoms with E-state index in [1.807, 2.05) is 0 Å². The van der Waals surface area contributed by atoms with Gasteiger partial charge >= 0.3 is 6.09 Å². The highest BCUT2D eigenvalue weighted by Gasteiger charge is 2.34. The molecule has 36 heavy (non-hydrogen) atoms. The second-order valence-electron chi connectivity index (χ2n) is 8.68. The largest absolute Gasteiger partial charge is 0.480 e. The van der Waals surface area contributed by atoms with Gasteiger partial charge in [0.2, 0.25) is 0 Å². The number of fused-ring (bicyclic) bond motifs is 2. The number of carbonyl (C=O) groups is 2. The monoisotopic (exact) mass is 497 g/mol. The zero-order chi connectivity index (χ0) is 25.4. The topological polar surface area (TPSA) is 135 Å². The molecule has 5 rings (SSSR count). The summed E-state index contributed by atoms with van der Waals surface area (Å²) in [7, 11) is 1.57. The molecule has 2 atom stereocenters. The Kier molecular flexibility index (Phi) is 6.29. The van der Waals surface area contributed by atoms with Crippen LogP contribution in [0.3, 0.4) is 0 Å². The number of hydrogen-bond donors (Lipinski definition) is 3. The number of aliphatic hydroxyl groups is 1. The Balaban J connectivity index is 1.19. The molecular weight excluding hydrogens is 473 g/mol. The molecule has 1 fully saturated rings. The lowest BCUT2D eigenvalue weighted by molar-refractivity contribution is -0.118. The number of nitrogens with zero attached hydrogens (tertiary/aromatic N) is 3. The number of anilines is 2. The molecule has 11 nitrogen and oxygen atoms in total. The molecule has 3 aromatic rings. The van der Waals surface area contributed by atoms with Crippen LogP contribution in [0.1, 0.15) is 5.56 Å². The predicted octanol–water partition coefficient (Wildman–Crippen LogP) is 0.922. The van der Waals surface area contributed by atoms with Crippen LogP contribution in [0, 0.1) is 5.82 Å². The fraction of sp³-hybridized carbons (Fsp3) is 0.333. The van der Waals surface area contributed by atoms with E-state index < -0.39 is 24.1 Å². The van der Waals surface area contributed by atoms with Crippen LogP contribution in [-0.2, 0) is 23.0 Å². The molecule has 1 saturated heterocycles. The number of aromatic nitrogens is 2. The molecule has 0 bridgehead atoms. The summed E-state index contributed by atoms with van der Waals surface area (Å²) < 4.78 is 26.6. The Morgan fingerprint density at radius 3 is 2.86 bits per heavy atom. The Hall–Kier alpha value is -4.03. The van der Waals surface area contributed by atoms with Gasteiger partial charge in [0, 0.05) is 38.2 Å². The van der Waals surface area contributed by atoms with E-state index in [9.17, 15) is 23.9 Å². The number of carbonyl (C=O) groups excluding carboxylic acids is 2. The Bertz CT molecular complexity index is 1410. The van der Waals surface area contributed by atoms with Gasteiger partial charge in [-0.05, 0) is 35.7 Å². The fourth-order valence-electron chi connectivity index (χ4n) is 4.38. The third kappa shape index (κ3) is 4.60. The van der Waals surface area contributed by atoms with Crippen molar-refractivity contribution in [2.45, 2.75) is 18.6 Å². The van der Waals surface area contributed by atoms with Crippen molar-refractivity contribution >= 4 is 34.5 Å². The highest BCUT2D eigenvalue weighted by molar-refractivity contribution is 5.95. The second kappa shape index (κ2) is 9.55. The number of aryl methyl sites for hydroxylation is 1. The van der Waals surface area contributed by atoms with Gasteiger partial charge in [-0.1, -0.05) is 0 Å². The summed E-state index contributed by atoms with van der Waals surface area (Å²) in [5.74, 6) is 0.133. The van der Waals surface area contributed by atoms with Crippen molar-refractivity contribution in [3.05, 3.63) is 58.1 Å². The number of rotatable bonds is 7. The number of halogens is 1. The van der Waals surface area contributed by atoms with Crippen molar-refractivity contribution in [2.24, 2.45) is 7.05 Å². The smallest absolute Gasteiger partial charge is 0.416 e. The van der Waals surface area contributed by atoms with E-state index in [0.29, 0.717) is 22.5 Å². The first-order valence-electron chi connectivity index (χ1n) is 11.4. The molecule has 3 N–H and O–H groups in total. The summed E-state index contributed by atoms with van der Waals surface area (Å²) >= 11 is 0. The molecule has 12 heteroatoms. The molecule has 2 amide bonds. The van der Waals surface area contributed by atoms with Gasteiger partial charge in [-0.25, -0.2) is 14.2 Å². The number of hydrogen-bond acceptors (Lipinski definition) is 8. The van der Waals surface area contributed by atoms with Crippen LogP contribution in [0.2, 0.25) is 0 Å². The van der Waals surface area contributed by atoms with Crippen LogP contribution < -0.4 is 25.8 Å². The highest BCUT2D eigenvalue weighted by Crippen LogP contribution is 2.30. The lowest BCUT2D eigenvalue weighted by Gasteiger charge is -2.19.